The zero-order chi connectivity index (χ0) is 19.3. The van der Waals surface area contributed by atoms with Crippen LogP contribution in [0.4, 0.5) is 0 Å². The van der Waals surface area contributed by atoms with Gasteiger partial charge in [-0.05, 0) is 49.4 Å². The summed E-state index contributed by atoms with van der Waals surface area (Å²) in [5, 5.41) is 8.12. The van der Waals surface area contributed by atoms with Gasteiger partial charge in [0, 0.05) is 21.9 Å². The lowest BCUT2D eigenvalue weighted by atomic mass is 9.91. The Bertz CT molecular complexity index is 909. The van der Waals surface area contributed by atoms with Crippen LogP contribution in [0.3, 0.4) is 0 Å². The summed E-state index contributed by atoms with van der Waals surface area (Å²) in [4.78, 5) is 25.0. The van der Waals surface area contributed by atoms with E-state index in [4.69, 9.17) is 11.6 Å². The van der Waals surface area contributed by atoms with Gasteiger partial charge in [0.05, 0.1) is 17.9 Å². The number of carbonyl (C=O) groups excluding carboxylic acids is 2. The molecule has 1 aromatic heterocycles. The summed E-state index contributed by atoms with van der Waals surface area (Å²) in [5.41, 5.74) is 3.13. The van der Waals surface area contributed by atoms with Gasteiger partial charge < -0.3 is 5.32 Å². The summed E-state index contributed by atoms with van der Waals surface area (Å²) in [7, 11) is 0. The molecule has 2 unspecified atom stereocenters. The molecule has 0 aliphatic heterocycles. The van der Waals surface area contributed by atoms with Crippen LogP contribution in [0.5, 0.6) is 0 Å². The highest BCUT2D eigenvalue weighted by atomic mass is 35.5. The Hall–Kier alpha value is -2.14. The fourth-order valence-electron chi connectivity index (χ4n) is 4.19. The van der Waals surface area contributed by atoms with Gasteiger partial charge in [0.2, 0.25) is 0 Å². The molecule has 0 radical (unpaired) electrons. The van der Waals surface area contributed by atoms with Crippen LogP contribution in [0.2, 0.25) is 5.02 Å². The van der Waals surface area contributed by atoms with Gasteiger partial charge in [0.1, 0.15) is 0 Å². The van der Waals surface area contributed by atoms with E-state index in [-0.39, 0.29) is 18.2 Å². The van der Waals surface area contributed by atoms with Gasteiger partial charge in [-0.3, -0.25) is 9.59 Å². The second kappa shape index (κ2) is 6.48. The number of hydrogen-bond donors (Lipinski definition) is 1. The van der Waals surface area contributed by atoms with E-state index >= 15 is 0 Å². The minimum absolute atomic E-state index is 0.00569. The first kappa shape index (κ1) is 18.2. The van der Waals surface area contributed by atoms with E-state index < -0.39 is 5.41 Å². The highest BCUT2D eigenvalue weighted by Crippen LogP contribution is 2.54. The van der Waals surface area contributed by atoms with E-state index in [1.807, 2.05) is 49.7 Å². The molecular formula is C21H24ClN3O2. The Labute approximate surface area is 164 Å². The molecule has 1 fully saturated rings. The number of amides is 1. The topological polar surface area (TPSA) is 64.0 Å². The van der Waals surface area contributed by atoms with E-state index in [0.717, 1.165) is 36.2 Å². The molecule has 0 spiro atoms. The largest absolute Gasteiger partial charge is 0.344 e. The van der Waals surface area contributed by atoms with Crippen LogP contribution in [0.25, 0.3) is 5.69 Å². The monoisotopic (exact) mass is 385 g/mol. The average molecular weight is 386 g/mol. The molecule has 1 saturated carbocycles. The number of aromatic nitrogens is 2. The normalized spacial score (nSPS) is 20.6. The number of nitrogens with one attached hydrogen (secondary N) is 1. The number of nitrogens with zero attached hydrogens (tertiary/aromatic N) is 2. The maximum atomic E-state index is 12.9. The summed E-state index contributed by atoms with van der Waals surface area (Å²) in [6, 6.07) is 7.51. The number of benzene rings is 1. The van der Waals surface area contributed by atoms with Crippen molar-refractivity contribution < 1.29 is 9.59 Å². The van der Waals surface area contributed by atoms with Gasteiger partial charge in [-0.25, -0.2) is 4.68 Å². The highest BCUT2D eigenvalue weighted by Gasteiger charge is 2.44. The number of Topliss-reactive ketones (excluding diaryl/α,β-unsaturated/α-hetero) is 1. The molecule has 6 heteroatoms. The van der Waals surface area contributed by atoms with Crippen LogP contribution in [0, 0.1) is 5.41 Å². The van der Waals surface area contributed by atoms with Crippen molar-refractivity contribution in [3.8, 4) is 5.69 Å². The zero-order valence-corrected chi connectivity index (χ0v) is 16.6. The Morgan fingerprint density at radius 3 is 2.52 bits per heavy atom. The minimum atomic E-state index is -0.475. The molecule has 2 aliphatic carbocycles. The van der Waals surface area contributed by atoms with E-state index in [0.29, 0.717) is 22.6 Å². The van der Waals surface area contributed by atoms with Gasteiger partial charge in [-0.2, -0.15) is 5.10 Å². The van der Waals surface area contributed by atoms with Gasteiger partial charge >= 0.3 is 0 Å². The Kier molecular flexibility index (Phi) is 4.38. The standard InChI is InChI=1S/C21H24ClN3O2/c1-21(2,3)16(26)11-23-20(27)18-17-12-4-5-13(10-12)19(17)25(24-18)15-8-6-14(22)7-9-15/h6-9,12-13H,4-5,10-11H2,1-3H3,(H,23,27). The molecule has 142 valence electrons. The molecule has 1 amide bonds. The maximum Gasteiger partial charge on any atom is 0.272 e. The quantitative estimate of drug-likeness (QED) is 0.856. The van der Waals surface area contributed by atoms with Crippen LogP contribution >= 0.6 is 11.6 Å². The first-order valence-electron chi connectivity index (χ1n) is 9.46. The van der Waals surface area contributed by atoms with Crippen LogP contribution < -0.4 is 5.32 Å². The second-order valence-electron chi connectivity index (χ2n) is 8.60. The SMILES string of the molecule is CC(C)(C)C(=O)CNC(=O)c1nn(-c2ccc(Cl)cc2)c2c1C1CCC2C1. The summed E-state index contributed by atoms with van der Waals surface area (Å²) in [5.74, 6) is 0.589. The van der Waals surface area contributed by atoms with Crippen molar-refractivity contribution in [3.05, 3.63) is 46.2 Å². The first-order chi connectivity index (χ1) is 12.8. The third-order valence-electron chi connectivity index (χ3n) is 5.72. The van der Waals surface area contributed by atoms with E-state index in [2.05, 4.69) is 10.4 Å². The Morgan fingerprint density at radius 1 is 1.19 bits per heavy atom. The van der Waals surface area contributed by atoms with E-state index in [1.165, 1.54) is 0 Å². The van der Waals surface area contributed by atoms with Crippen molar-refractivity contribution in [1.82, 2.24) is 15.1 Å². The molecule has 1 N–H and O–H groups in total. The second-order valence-corrected chi connectivity index (χ2v) is 9.03. The fraction of sp³-hybridized carbons (Fsp3) is 0.476. The molecular weight excluding hydrogens is 362 g/mol. The lowest BCUT2D eigenvalue weighted by molar-refractivity contribution is -0.125. The van der Waals surface area contributed by atoms with E-state index in [1.54, 1.807) is 0 Å². The van der Waals surface area contributed by atoms with Crippen molar-refractivity contribution in [2.24, 2.45) is 5.41 Å². The third kappa shape index (κ3) is 3.18. The summed E-state index contributed by atoms with van der Waals surface area (Å²) in [6.07, 6.45) is 3.33. The number of carbonyl (C=O) groups is 2. The fourth-order valence-corrected chi connectivity index (χ4v) is 4.31. The number of ketones is 1. The average Bonchev–Trinajstić information content (AvgIpc) is 3.31. The third-order valence-corrected chi connectivity index (χ3v) is 5.97. The Balaban J connectivity index is 1.67. The smallest absolute Gasteiger partial charge is 0.272 e. The summed E-state index contributed by atoms with van der Waals surface area (Å²) < 4.78 is 1.90. The number of rotatable bonds is 4. The van der Waals surface area contributed by atoms with Gasteiger partial charge in [0.15, 0.2) is 11.5 Å². The zero-order valence-electron chi connectivity index (χ0n) is 15.9. The highest BCUT2D eigenvalue weighted by molar-refractivity contribution is 6.30. The van der Waals surface area contributed by atoms with Crippen LogP contribution in [-0.2, 0) is 4.79 Å². The molecule has 5 nitrogen and oxygen atoms in total. The van der Waals surface area contributed by atoms with Crippen molar-refractivity contribution >= 4 is 23.3 Å². The number of halogens is 1. The van der Waals surface area contributed by atoms with Gasteiger partial charge in [-0.15, -0.1) is 0 Å². The predicted molar refractivity (Wildman–Crippen MR) is 105 cm³/mol. The van der Waals surface area contributed by atoms with Crippen LogP contribution in [-0.4, -0.2) is 28.0 Å². The molecule has 2 aromatic rings. The van der Waals surface area contributed by atoms with Gasteiger partial charge in [-0.1, -0.05) is 32.4 Å². The molecule has 2 atom stereocenters. The summed E-state index contributed by atoms with van der Waals surface area (Å²) >= 11 is 6.02. The number of fused-ring (bicyclic) bond motifs is 5. The lowest BCUT2D eigenvalue weighted by Crippen LogP contribution is -2.36. The molecule has 1 aromatic carbocycles. The van der Waals surface area contributed by atoms with Crippen LogP contribution in [0.15, 0.2) is 24.3 Å². The van der Waals surface area contributed by atoms with Crippen LogP contribution in [0.1, 0.15) is 73.6 Å². The molecule has 1 heterocycles. The van der Waals surface area contributed by atoms with Gasteiger partial charge in [0.25, 0.3) is 5.91 Å². The minimum Gasteiger partial charge on any atom is -0.344 e. The van der Waals surface area contributed by atoms with Crippen molar-refractivity contribution in [3.63, 3.8) is 0 Å². The summed E-state index contributed by atoms with van der Waals surface area (Å²) in [6.45, 7) is 5.59. The number of hydrogen-bond acceptors (Lipinski definition) is 3. The van der Waals surface area contributed by atoms with Crippen molar-refractivity contribution in [1.29, 1.82) is 0 Å². The predicted octanol–water partition coefficient (Wildman–Crippen LogP) is 4.24. The van der Waals surface area contributed by atoms with Crippen molar-refractivity contribution in [2.45, 2.75) is 51.9 Å². The molecule has 27 heavy (non-hydrogen) atoms. The molecule has 0 saturated heterocycles. The van der Waals surface area contributed by atoms with E-state index in [9.17, 15) is 9.59 Å². The maximum absolute atomic E-state index is 12.9. The molecule has 2 bridgehead atoms. The Morgan fingerprint density at radius 2 is 1.85 bits per heavy atom. The van der Waals surface area contributed by atoms with Crippen molar-refractivity contribution in [2.75, 3.05) is 6.54 Å². The first-order valence-corrected chi connectivity index (χ1v) is 9.83. The molecule has 4 rings (SSSR count). The molecule has 2 aliphatic rings. The lowest BCUT2D eigenvalue weighted by Gasteiger charge is -2.17.